The van der Waals surface area contributed by atoms with E-state index in [1.54, 1.807) is 19.1 Å². The van der Waals surface area contributed by atoms with E-state index in [-0.39, 0.29) is 16.4 Å². The monoisotopic (exact) mass is 309 g/mol. The molecule has 21 heavy (non-hydrogen) atoms. The smallest absolute Gasteiger partial charge is 0.280 e. The number of amides is 1. The minimum atomic E-state index is -3.49. The Morgan fingerprint density at radius 1 is 1.24 bits per heavy atom. The van der Waals surface area contributed by atoms with Crippen LogP contribution < -0.4 is 11.5 Å². The van der Waals surface area contributed by atoms with Gasteiger partial charge in [0.2, 0.25) is 0 Å². The van der Waals surface area contributed by atoms with E-state index in [9.17, 15) is 13.2 Å². The van der Waals surface area contributed by atoms with Gasteiger partial charge in [0.1, 0.15) is 0 Å². The molecule has 0 atom stereocenters. The number of sulfone groups is 1. The van der Waals surface area contributed by atoms with Crippen molar-refractivity contribution in [2.75, 3.05) is 6.26 Å². The number of rotatable bonds is 3. The molecule has 0 heterocycles. The lowest BCUT2D eigenvalue weighted by molar-refractivity contribution is 0.100. The third-order valence-electron chi connectivity index (χ3n) is 2.66. The van der Waals surface area contributed by atoms with Crippen LogP contribution in [-0.4, -0.2) is 26.5 Å². The molecule has 1 rings (SSSR count). The summed E-state index contributed by atoms with van der Waals surface area (Å²) in [5.41, 5.74) is 12.6. The van der Waals surface area contributed by atoms with Crippen LogP contribution in [0.2, 0.25) is 0 Å². The maximum absolute atomic E-state index is 11.9. The first-order valence-corrected chi connectivity index (χ1v) is 8.05. The first kappa shape index (κ1) is 16.9. The molecule has 7 heteroatoms. The minimum Gasteiger partial charge on any atom is -0.370 e. The minimum absolute atomic E-state index is 0.0726. The molecule has 0 bridgehead atoms. The molecule has 0 radical (unpaired) electrons. The van der Waals surface area contributed by atoms with Crippen molar-refractivity contribution < 1.29 is 13.2 Å². The Kier molecular flexibility index (Phi) is 4.90. The van der Waals surface area contributed by atoms with Gasteiger partial charge in [0, 0.05) is 11.8 Å². The normalized spacial score (nSPS) is 10.9. The molecule has 0 unspecified atom stereocenters. The average Bonchev–Trinajstić information content (AvgIpc) is 2.24. The summed E-state index contributed by atoms with van der Waals surface area (Å²) in [6.07, 6.45) is 2.84. The molecular weight excluding hydrogens is 290 g/mol. The van der Waals surface area contributed by atoms with E-state index in [4.69, 9.17) is 11.5 Å². The van der Waals surface area contributed by atoms with Crippen LogP contribution in [0.5, 0.6) is 0 Å². The molecule has 1 aromatic rings. The number of hydrogen-bond donors (Lipinski definition) is 2. The van der Waals surface area contributed by atoms with Crippen LogP contribution in [0.1, 0.15) is 35.3 Å². The molecule has 0 aliphatic carbocycles. The van der Waals surface area contributed by atoms with E-state index in [0.29, 0.717) is 11.1 Å². The molecule has 114 valence electrons. The summed E-state index contributed by atoms with van der Waals surface area (Å²) in [7, 11) is -3.49. The van der Waals surface area contributed by atoms with Crippen LogP contribution in [0.25, 0.3) is 6.08 Å². The highest BCUT2D eigenvalue weighted by Gasteiger charge is 2.18. The zero-order chi connectivity index (χ0) is 16.4. The predicted molar refractivity (Wildman–Crippen MR) is 83.8 cm³/mol. The highest BCUT2D eigenvalue weighted by Crippen LogP contribution is 2.24. The summed E-state index contributed by atoms with van der Waals surface area (Å²) in [5.74, 6) is -1.03. The maximum Gasteiger partial charge on any atom is 0.280 e. The van der Waals surface area contributed by atoms with Gasteiger partial charge in [-0.25, -0.2) is 8.42 Å². The van der Waals surface area contributed by atoms with Crippen molar-refractivity contribution in [3.63, 3.8) is 0 Å². The molecule has 0 aromatic heterocycles. The van der Waals surface area contributed by atoms with E-state index >= 15 is 0 Å². The number of benzene rings is 1. The lowest BCUT2D eigenvalue weighted by atomic mass is 10.0. The number of aliphatic imine (C=N–C) groups is 1. The predicted octanol–water partition coefficient (Wildman–Crippen LogP) is 1.24. The Labute approximate surface area is 124 Å². The molecule has 0 fully saturated rings. The topological polar surface area (TPSA) is 116 Å². The van der Waals surface area contributed by atoms with E-state index in [2.05, 4.69) is 4.99 Å². The second-order valence-corrected chi connectivity index (χ2v) is 7.02. The van der Waals surface area contributed by atoms with E-state index in [1.165, 1.54) is 6.07 Å². The first-order chi connectivity index (χ1) is 9.52. The zero-order valence-electron chi connectivity index (χ0n) is 12.5. The van der Waals surface area contributed by atoms with Crippen molar-refractivity contribution >= 4 is 27.8 Å². The summed E-state index contributed by atoms with van der Waals surface area (Å²) < 4.78 is 23.8. The summed E-state index contributed by atoms with van der Waals surface area (Å²) >= 11 is 0. The fraction of sp³-hybridized carbons (Fsp3) is 0.286. The number of carbonyl (C=O) groups is 1. The van der Waals surface area contributed by atoms with Gasteiger partial charge in [0.15, 0.2) is 15.8 Å². The lowest BCUT2D eigenvalue weighted by Gasteiger charge is -2.10. The van der Waals surface area contributed by atoms with Crippen LogP contribution >= 0.6 is 0 Å². The maximum atomic E-state index is 11.9. The van der Waals surface area contributed by atoms with Crippen LogP contribution in [0.3, 0.4) is 0 Å². The largest absolute Gasteiger partial charge is 0.370 e. The number of allylic oxidation sites excluding steroid dienone is 1. The molecular formula is C14H19N3O3S. The van der Waals surface area contributed by atoms with Gasteiger partial charge in [0.25, 0.3) is 5.91 Å². The van der Waals surface area contributed by atoms with Crippen molar-refractivity contribution in [3.8, 4) is 0 Å². The Morgan fingerprint density at radius 3 is 2.24 bits per heavy atom. The number of nitrogens with two attached hydrogens (primary N) is 2. The van der Waals surface area contributed by atoms with Crippen molar-refractivity contribution in [2.24, 2.45) is 16.5 Å². The van der Waals surface area contributed by atoms with Gasteiger partial charge < -0.3 is 11.5 Å². The van der Waals surface area contributed by atoms with Gasteiger partial charge in [-0.3, -0.25) is 4.79 Å². The van der Waals surface area contributed by atoms with Gasteiger partial charge in [0.05, 0.1) is 4.90 Å². The first-order valence-electron chi connectivity index (χ1n) is 6.16. The van der Waals surface area contributed by atoms with Crippen molar-refractivity contribution in [1.29, 1.82) is 0 Å². The van der Waals surface area contributed by atoms with E-state index < -0.39 is 15.7 Å². The van der Waals surface area contributed by atoms with Gasteiger partial charge >= 0.3 is 0 Å². The second kappa shape index (κ2) is 6.09. The summed E-state index contributed by atoms with van der Waals surface area (Å²) in [6, 6.07) is 2.95. The zero-order valence-corrected chi connectivity index (χ0v) is 13.3. The fourth-order valence-corrected chi connectivity index (χ4v) is 2.74. The fourth-order valence-electron chi connectivity index (χ4n) is 1.86. The molecule has 4 N–H and O–H groups in total. The molecule has 0 spiro atoms. The number of guanidine groups is 1. The standard InChI is InChI=1S/C14H19N3O3S/c1-8(2)5-10-6-9(3)11(13(18)17-14(15)16)7-12(10)21(4,19)20/h5-7H,1-4H3,(H4,15,16,17,18). The molecule has 0 saturated carbocycles. The van der Waals surface area contributed by atoms with Gasteiger partial charge in [-0.15, -0.1) is 0 Å². The average molecular weight is 309 g/mol. The molecule has 0 aliphatic rings. The Bertz CT molecular complexity index is 739. The molecule has 6 nitrogen and oxygen atoms in total. The van der Waals surface area contributed by atoms with Crippen molar-refractivity contribution in [3.05, 3.63) is 34.4 Å². The molecule has 0 aliphatic heterocycles. The molecule has 1 aromatic carbocycles. The number of nitrogens with zero attached hydrogens (tertiary/aromatic N) is 1. The number of aryl methyl sites for hydroxylation is 1. The summed E-state index contributed by atoms with van der Waals surface area (Å²) in [6.45, 7) is 5.42. The Balaban J connectivity index is 3.64. The van der Waals surface area contributed by atoms with Crippen LogP contribution in [0.4, 0.5) is 0 Å². The Hall–Kier alpha value is -2.15. The van der Waals surface area contributed by atoms with Crippen LogP contribution in [0, 0.1) is 6.92 Å². The summed E-state index contributed by atoms with van der Waals surface area (Å²) in [4.78, 5) is 15.4. The third-order valence-corrected chi connectivity index (χ3v) is 3.81. The highest BCUT2D eigenvalue weighted by molar-refractivity contribution is 7.90. The lowest BCUT2D eigenvalue weighted by Crippen LogP contribution is -2.24. The van der Waals surface area contributed by atoms with E-state index in [0.717, 1.165) is 11.8 Å². The third kappa shape index (κ3) is 4.42. The highest BCUT2D eigenvalue weighted by atomic mass is 32.2. The van der Waals surface area contributed by atoms with Crippen LogP contribution in [0.15, 0.2) is 27.6 Å². The quantitative estimate of drug-likeness (QED) is 0.643. The van der Waals surface area contributed by atoms with Gasteiger partial charge in [-0.2, -0.15) is 4.99 Å². The Morgan fingerprint density at radius 2 is 1.81 bits per heavy atom. The van der Waals surface area contributed by atoms with E-state index in [1.807, 2.05) is 13.8 Å². The molecule has 1 amide bonds. The summed E-state index contributed by atoms with van der Waals surface area (Å²) in [5, 5.41) is 0. The van der Waals surface area contributed by atoms with Gasteiger partial charge in [-0.1, -0.05) is 11.6 Å². The number of carbonyl (C=O) groups excluding carboxylic acids is 1. The van der Waals surface area contributed by atoms with Crippen molar-refractivity contribution in [2.45, 2.75) is 25.7 Å². The van der Waals surface area contributed by atoms with Gasteiger partial charge in [-0.05, 0) is 44.0 Å². The van der Waals surface area contributed by atoms with Crippen LogP contribution in [-0.2, 0) is 9.84 Å². The van der Waals surface area contributed by atoms with Crippen molar-refractivity contribution in [1.82, 2.24) is 0 Å². The molecule has 0 saturated heterocycles. The SMILES string of the molecule is CC(C)=Cc1cc(C)c(C(=O)N=C(N)N)cc1S(C)(=O)=O. The number of hydrogen-bond acceptors (Lipinski definition) is 3. The second-order valence-electron chi connectivity index (χ2n) is 5.04.